The molecule has 122 valence electrons. The van der Waals surface area contributed by atoms with Gasteiger partial charge in [-0.1, -0.05) is 36.2 Å². The first-order chi connectivity index (χ1) is 10.5. The summed E-state index contributed by atoms with van der Waals surface area (Å²) in [5.41, 5.74) is 0.806. The highest BCUT2D eigenvalue weighted by Crippen LogP contribution is 2.22. The van der Waals surface area contributed by atoms with E-state index in [1.165, 1.54) is 0 Å². The Labute approximate surface area is 141 Å². The molecule has 0 saturated carbocycles. The van der Waals surface area contributed by atoms with Gasteiger partial charge in [-0.2, -0.15) is 0 Å². The van der Waals surface area contributed by atoms with E-state index < -0.39 is 0 Å². The molecule has 1 aromatic rings. The van der Waals surface area contributed by atoms with Gasteiger partial charge in [0.1, 0.15) is 0 Å². The summed E-state index contributed by atoms with van der Waals surface area (Å²) >= 11 is 12.0. The lowest BCUT2D eigenvalue weighted by Gasteiger charge is -2.38. The minimum Gasteiger partial charge on any atom is -0.395 e. The SMILES string of the molecule is CCC(CO)N1CCN(C(=O)Cc2ccc(Cl)cc2Cl)CC1. The number of halogens is 2. The van der Waals surface area contributed by atoms with E-state index in [1.54, 1.807) is 18.2 Å². The minimum atomic E-state index is 0.0842. The van der Waals surface area contributed by atoms with E-state index >= 15 is 0 Å². The molecule has 1 fully saturated rings. The third-order valence-corrected chi connectivity index (χ3v) is 4.81. The molecule has 0 aliphatic carbocycles. The molecule has 1 atom stereocenters. The molecule has 1 aliphatic rings. The minimum absolute atomic E-state index is 0.0842. The molecule has 22 heavy (non-hydrogen) atoms. The fourth-order valence-corrected chi connectivity index (χ4v) is 3.25. The van der Waals surface area contributed by atoms with Gasteiger partial charge in [0.2, 0.25) is 5.91 Å². The van der Waals surface area contributed by atoms with Crippen LogP contribution in [0, 0.1) is 0 Å². The molecule has 2 rings (SSSR count). The maximum absolute atomic E-state index is 12.4. The quantitative estimate of drug-likeness (QED) is 0.892. The van der Waals surface area contributed by atoms with Crippen LogP contribution >= 0.6 is 23.2 Å². The summed E-state index contributed by atoms with van der Waals surface area (Å²) in [6, 6.07) is 5.41. The van der Waals surface area contributed by atoms with E-state index in [0.29, 0.717) is 29.6 Å². The number of amides is 1. The Morgan fingerprint density at radius 3 is 2.50 bits per heavy atom. The molecule has 0 spiro atoms. The second-order valence-electron chi connectivity index (χ2n) is 5.57. The number of hydrogen-bond donors (Lipinski definition) is 1. The number of aliphatic hydroxyl groups excluding tert-OH is 1. The van der Waals surface area contributed by atoms with Crippen molar-refractivity contribution in [2.45, 2.75) is 25.8 Å². The Kier molecular flexibility index (Phi) is 6.50. The zero-order valence-electron chi connectivity index (χ0n) is 12.8. The van der Waals surface area contributed by atoms with Crippen LogP contribution in [0.3, 0.4) is 0 Å². The molecular weight excluding hydrogens is 323 g/mol. The van der Waals surface area contributed by atoms with Gasteiger partial charge in [0, 0.05) is 42.3 Å². The summed E-state index contributed by atoms with van der Waals surface area (Å²) in [6.07, 6.45) is 1.22. The Morgan fingerprint density at radius 2 is 1.95 bits per heavy atom. The number of piperazine rings is 1. The maximum atomic E-state index is 12.4. The number of rotatable bonds is 5. The van der Waals surface area contributed by atoms with Gasteiger partial charge in [-0.25, -0.2) is 0 Å². The van der Waals surface area contributed by atoms with Crippen LogP contribution in [-0.2, 0) is 11.2 Å². The molecular formula is C16H22Cl2N2O2. The molecule has 1 heterocycles. The van der Waals surface area contributed by atoms with Gasteiger partial charge >= 0.3 is 0 Å². The molecule has 1 amide bonds. The molecule has 1 unspecified atom stereocenters. The molecule has 1 saturated heterocycles. The topological polar surface area (TPSA) is 43.8 Å². The van der Waals surface area contributed by atoms with Gasteiger partial charge in [-0.15, -0.1) is 0 Å². The predicted octanol–water partition coefficient (Wildman–Crippen LogP) is 2.45. The van der Waals surface area contributed by atoms with Crippen LogP contribution in [0.15, 0.2) is 18.2 Å². The largest absolute Gasteiger partial charge is 0.395 e. The first kappa shape index (κ1) is 17.5. The third kappa shape index (κ3) is 4.35. The Bertz CT molecular complexity index is 513. The number of carbonyl (C=O) groups is 1. The molecule has 0 aromatic heterocycles. The lowest BCUT2D eigenvalue weighted by molar-refractivity contribution is -0.132. The van der Waals surface area contributed by atoms with E-state index in [9.17, 15) is 9.90 Å². The molecule has 4 nitrogen and oxygen atoms in total. The molecule has 1 N–H and O–H groups in total. The fraction of sp³-hybridized carbons (Fsp3) is 0.562. The fourth-order valence-electron chi connectivity index (χ4n) is 2.78. The first-order valence-electron chi connectivity index (χ1n) is 7.61. The summed E-state index contributed by atoms with van der Waals surface area (Å²) in [7, 11) is 0. The van der Waals surface area contributed by atoms with Crippen molar-refractivity contribution in [3.63, 3.8) is 0 Å². The van der Waals surface area contributed by atoms with Crippen molar-refractivity contribution in [2.75, 3.05) is 32.8 Å². The maximum Gasteiger partial charge on any atom is 0.227 e. The number of benzene rings is 1. The molecule has 6 heteroatoms. The first-order valence-corrected chi connectivity index (χ1v) is 8.37. The monoisotopic (exact) mass is 344 g/mol. The average molecular weight is 345 g/mol. The van der Waals surface area contributed by atoms with Gasteiger partial charge in [0.25, 0.3) is 0 Å². The highest BCUT2D eigenvalue weighted by Gasteiger charge is 2.25. The van der Waals surface area contributed by atoms with Crippen molar-refractivity contribution >= 4 is 29.1 Å². The van der Waals surface area contributed by atoms with E-state index in [4.69, 9.17) is 23.2 Å². The molecule has 0 bridgehead atoms. The summed E-state index contributed by atoms with van der Waals surface area (Å²) in [5.74, 6) is 0.0842. The zero-order valence-corrected chi connectivity index (χ0v) is 14.3. The van der Waals surface area contributed by atoms with Crippen molar-refractivity contribution < 1.29 is 9.90 Å². The number of aliphatic hydroxyl groups is 1. The van der Waals surface area contributed by atoms with Crippen molar-refractivity contribution in [3.8, 4) is 0 Å². The van der Waals surface area contributed by atoms with Crippen molar-refractivity contribution in [3.05, 3.63) is 33.8 Å². The Hall–Kier alpha value is -0.810. The van der Waals surface area contributed by atoms with Crippen LogP contribution in [-0.4, -0.2) is 59.6 Å². The normalized spacial score (nSPS) is 17.5. The lowest BCUT2D eigenvalue weighted by Crippen LogP contribution is -2.53. The lowest BCUT2D eigenvalue weighted by atomic mass is 10.1. The summed E-state index contributed by atoms with van der Waals surface area (Å²) < 4.78 is 0. The van der Waals surface area contributed by atoms with Crippen LogP contribution in [0.25, 0.3) is 0 Å². The van der Waals surface area contributed by atoms with E-state index in [1.807, 2.05) is 4.90 Å². The Balaban J connectivity index is 1.90. The Morgan fingerprint density at radius 1 is 1.27 bits per heavy atom. The number of hydrogen-bond acceptors (Lipinski definition) is 3. The van der Waals surface area contributed by atoms with Crippen LogP contribution in [0.4, 0.5) is 0 Å². The summed E-state index contributed by atoms with van der Waals surface area (Å²) in [4.78, 5) is 16.5. The predicted molar refractivity (Wildman–Crippen MR) is 89.5 cm³/mol. The van der Waals surface area contributed by atoms with Crippen molar-refractivity contribution in [1.82, 2.24) is 9.80 Å². The smallest absolute Gasteiger partial charge is 0.227 e. The van der Waals surface area contributed by atoms with Gasteiger partial charge < -0.3 is 10.0 Å². The standard InChI is InChI=1S/C16H22Cl2N2O2/c1-2-14(11-21)19-5-7-20(8-6-19)16(22)9-12-3-4-13(17)10-15(12)18/h3-4,10,14,21H,2,5-9,11H2,1H3. The van der Waals surface area contributed by atoms with Gasteiger partial charge in [-0.05, 0) is 24.1 Å². The summed E-state index contributed by atoms with van der Waals surface area (Å²) in [5, 5.41) is 10.5. The number of nitrogens with zero attached hydrogens (tertiary/aromatic N) is 2. The van der Waals surface area contributed by atoms with E-state index in [0.717, 1.165) is 25.1 Å². The number of carbonyl (C=O) groups excluding carboxylic acids is 1. The third-order valence-electron chi connectivity index (χ3n) is 4.22. The van der Waals surface area contributed by atoms with Gasteiger partial charge in [-0.3, -0.25) is 9.69 Å². The molecule has 1 aromatic carbocycles. The zero-order chi connectivity index (χ0) is 16.1. The van der Waals surface area contributed by atoms with Crippen LogP contribution in [0.2, 0.25) is 10.0 Å². The van der Waals surface area contributed by atoms with Crippen molar-refractivity contribution in [2.24, 2.45) is 0 Å². The second kappa shape index (κ2) is 8.16. The highest BCUT2D eigenvalue weighted by molar-refractivity contribution is 6.35. The molecule has 0 radical (unpaired) electrons. The average Bonchev–Trinajstić information content (AvgIpc) is 2.52. The van der Waals surface area contributed by atoms with Gasteiger partial charge in [0.15, 0.2) is 0 Å². The summed E-state index contributed by atoms with van der Waals surface area (Å²) in [6.45, 7) is 5.24. The molecule has 1 aliphatic heterocycles. The van der Waals surface area contributed by atoms with Crippen LogP contribution in [0.1, 0.15) is 18.9 Å². The second-order valence-corrected chi connectivity index (χ2v) is 6.42. The van der Waals surface area contributed by atoms with Crippen molar-refractivity contribution in [1.29, 1.82) is 0 Å². The van der Waals surface area contributed by atoms with Gasteiger partial charge in [0.05, 0.1) is 13.0 Å². The highest BCUT2D eigenvalue weighted by atomic mass is 35.5. The van der Waals surface area contributed by atoms with Crippen LogP contribution in [0.5, 0.6) is 0 Å². The van der Waals surface area contributed by atoms with E-state index in [2.05, 4.69) is 11.8 Å². The van der Waals surface area contributed by atoms with Crippen LogP contribution < -0.4 is 0 Å². The van der Waals surface area contributed by atoms with E-state index in [-0.39, 0.29) is 18.6 Å².